The fourth-order valence-corrected chi connectivity index (χ4v) is 3.07. The summed E-state index contributed by atoms with van der Waals surface area (Å²) < 4.78 is 3.15. The molecule has 0 aliphatic carbocycles. The number of hydrogen-bond donors (Lipinski definition) is 2. The number of fused-ring (bicyclic) bond motifs is 1. The van der Waals surface area contributed by atoms with Crippen molar-refractivity contribution in [1.29, 1.82) is 0 Å². The number of carbonyl (C=O) groups excluding carboxylic acids is 1. The van der Waals surface area contributed by atoms with E-state index in [1.807, 2.05) is 37.3 Å². The largest absolute Gasteiger partial charge is 0.376 e. The highest BCUT2D eigenvalue weighted by molar-refractivity contribution is 6.02. The number of anilines is 1. The molecule has 4 rings (SSSR count). The summed E-state index contributed by atoms with van der Waals surface area (Å²) in [5, 5.41) is 16.6. The van der Waals surface area contributed by atoms with Crippen molar-refractivity contribution < 1.29 is 9.90 Å². The number of hydrogen-bond acceptors (Lipinski definition) is 5. The molecule has 2 N–H and O–H groups in total. The van der Waals surface area contributed by atoms with Gasteiger partial charge in [-0.2, -0.15) is 5.10 Å². The Labute approximate surface area is 155 Å². The Kier molecular flexibility index (Phi) is 4.17. The third-order valence-electron chi connectivity index (χ3n) is 4.46. The molecule has 0 bridgehead atoms. The van der Waals surface area contributed by atoms with Gasteiger partial charge in [0.05, 0.1) is 11.9 Å². The zero-order valence-corrected chi connectivity index (χ0v) is 14.9. The second-order valence-electron chi connectivity index (χ2n) is 6.17. The summed E-state index contributed by atoms with van der Waals surface area (Å²) in [7, 11) is 1.69. The number of nitrogens with zero attached hydrogens (tertiary/aromatic N) is 5. The summed E-state index contributed by atoms with van der Waals surface area (Å²) in [6.45, 7) is 1.76. The monoisotopic (exact) mass is 362 g/mol. The first kappa shape index (κ1) is 16.9. The maximum atomic E-state index is 12.4. The second-order valence-corrected chi connectivity index (χ2v) is 6.17. The molecule has 0 saturated carbocycles. The Morgan fingerprint density at radius 1 is 1.26 bits per heavy atom. The summed E-state index contributed by atoms with van der Waals surface area (Å²) in [6, 6.07) is 11.4. The molecule has 0 radical (unpaired) electrons. The maximum absolute atomic E-state index is 12.4. The number of aliphatic hydroxyl groups excluding tert-OH is 1. The molecule has 4 aromatic rings. The summed E-state index contributed by atoms with van der Waals surface area (Å²) in [6.07, 6.45) is 3.05. The predicted molar refractivity (Wildman–Crippen MR) is 101 cm³/mol. The van der Waals surface area contributed by atoms with E-state index in [0.29, 0.717) is 22.7 Å². The number of amides is 1. The molecular formula is C19H18N6O2. The van der Waals surface area contributed by atoms with Gasteiger partial charge in [0.1, 0.15) is 17.9 Å². The number of aryl methyl sites for hydroxylation is 2. The Morgan fingerprint density at radius 3 is 2.78 bits per heavy atom. The molecule has 8 nitrogen and oxygen atoms in total. The topological polar surface area (TPSA) is 97.9 Å². The van der Waals surface area contributed by atoms with Gasteiger partial charge in [-0.25, -0.2) is 9.97 Å². The molecule has 0 aliphatic rings. The smallest absolute Gasteiger partial charge is 0.275 e. The SMILES string of the molecule is Cc1ccccc1-c1cc2ncc(NC(=O)c3ccnn3C)nc2n1CO. The Hall–Kier alpha value is -3.52. The van der Waals surface area contributed by atoms with E-state index >= 15 is 0 Å². The molecule has 0 fully saturated rings. The lowest BCUT2D eigenvalue weighted by Crippen LogP contribution is -2.17. The lowest BCUT2D eigenvalue weighted by Gasteiger charge is -2.09. The van der Waals surface area contributed by atoms with Crippen LogP contribution in [0.15, 0.2) is 48.8 Å². The van der Waals surface area contributed by atoms with Crippen LogP contribution >= 0.6 is 0 Å². The van der Waals surface area contributed by atoms with E-state index in [9.17, 15) is 9.90 Å². The first-order valence-corrected chi connectivity index (χ1v) is 8.41. The fraction of sp³-hybridized carbons (Fsp3) is 0.158. The van der Waals surface area contributed by atoms with Crippen LogP contribution in [-0.2, 0) is 13.8 Å². The standard InChI is InChI=1S/C19H18N6O2/c1-12-5-3-4-6-13(12)16-9-14-18(25(16)11-26)22-17(10-20-14)23-19(27)15-7-8-21-24(15)2/h3-10,26H,11H2,1-2H3,(H,22,23,27). The zero-order valence-electron chi connectivity index (χ0n) is 14.9. The third-order valence-corrected chi connectivity index (χ3v) is 4.46. The molecule has 0 saturated heterocycles. The molecule has 0 aliphatic heterocycles. The van der Waals surface area contributed by atoms with Gasteiger partial charge in [-0.15, -0.1) is 0 Å². The Balaban J connectivity index is 1.75. The van der Waals surface area contributed by atoms with Gasteiger partial charge >= 0.3 is 0 Å². The van der Waals surface area contributed by atoms with Gasteiger partial charge in [0.25, 0.3) is 5.91 Å². The minimum Gasteiger partial charge on any atom is -0.376 e. The molecule has 0 spiro atoms. The third kappa shape index (κ3) is 2.96. The van der Waals surface area contributed by atoms with E-state index in [1.54, 1.807) is 23.9 Å². The average Bonchev–Trinajstić information content (AvgIpc) is 3.25. The number of aromatic nitrogens is 5. The van der Waals surface area contributed by atoms with Crippen molar-refractivity contribution in [2.45, 2.75) is 13.7 Å². The predicted octanol–water partition coefficient (Wildman–Crippen LogP) is 2.34. The van der Waals surface area contributed by atoms with Gasteiger partial charge < -0.3 is 15.0 Å². The zero-order chi connectivity index (χ0) is 19.0. The van der Waals surface area contributed by atoms with E-state index in [-0.39, 0.29) is 12.6 Å². The number of rotatable bonds is 4. The van der Waals surface area contributed by atoms with Crippen molar-refractivity contribution in [3.63, 3.8) is 0 Å². The summed E-state index contributed by atoms with van der Waals surface area (Å²) in [4.78, 5) is 21.2. The molecule has 136 valence electrons. The van der Waals surface area contributed by atoms with Crippen molar-refractivity contribution in [3.8, 4) is 11.3 Å². The molecule has 1 amide bonds. The fourth-order valence-electron chi connectivity index (χ4n) is 3.07. The minimum atomic E-state index is -0.329. The molecule has 27 heavy (non-hydrogen) atoms. The number of aliphatic hydroxyl groups is 1. The van der Waals surface area contributed by atoms with Crippen molar-refractivity contribution in [2.75, 3.05) is 5.32 Å². The second kappa shape index (κ2) is 6.65. The van der Waals surface area contributed by atoms with Gasteiger partial charge in [-0.3, -0.25) is 9.48 Å². The summed E-state index contributed by atoms with van der Waals surface area (Å²) >= 11 is 0. The molecule has 3 heterocycles. The highest BCUT2D eigenvalue weighted by Gasteiger charge is 2.16. The molecule has 0 atom stereocenters. The van der Waals surface area contributed by atoms with Crippen LogP contribution in [-0.4, -0.2) is 35.3 Å². The number of carbonyl (C=O) groups is 1. The normalized spacial score (nSPS) is 11.1. The van der Waals surface area contributed by atoms with Crippen molar-refractivity contribution in [3.05, 3.63) is 60.0 Å². The Bertz CT molecular complexity index is 1140. The molecule has 8 heteroatoms. The number of nitrogens with one attached hydrogen (secondary N) is 1. The van der Waals surface area contributed by atoms with Crippen LogP contribution in [0.1, 0.15) is 16.1 Å². The van der Waals surface area contributed by atoms with Crippen LogP contribution < -0.4 is 5.32 Å². The molecule has 1 aromatic carbocycles. The van der Waals surface area contributed by atoms with Crippen LogP contribution in [0.25, 0.3) is 22.4 Å². The lowest BCUT2D eigenvalue weighted by molar-refractivity contribution is 0.101. The quantitative estimate of drug-likeness (QED) is 0.581. The summed E-state index contributed by atoms with van der Waals surface area (Å²) in [5.74, 6) is -0.0253. The maximum Gasteiger partial charge on any atom is 0.275 e. The molecular weight excluding hydrogens is 344 g/mol. The van der Waals surface area contributed by atoms with Crippen molar-refractivity contribution in [1.82, 2.24) is 24.3 Å². The van der Waals surface area contributed by atoms with E-state index < -0.39 is 0 Å². The first-order chi connectivity index (χ1) is 13.1. The highest BCUT2D eigenvalue weighted by Crippen LogP contribution is 2.29. The Morgan fingerprint density at radius 2 is 2.07 bits per heavy atom. The lowest BCUT2D eigenvalue weighted by atomic mass is 10.1. The van der Waals surface area contributed by atoms with Crippen LogP contribution in [0.2, 0.25) is 0 Å². The van der Waals surface area contributed by atoms with Gasteiger partial charge in [-0.1, -0.05) is 24.3 Å². The minimum absolute atomic E-state index is 0.249. The number of benzene rings is 1. The molecule has 3 aromatic heterocycles. The van der Waals surface area contributed by atoms with Crippen LogP contribution in [0.3, 0.4) is 0 Å². The average molecular weight is 362 g/mol. The van der Waals surface area contributed by atoms with Crippen molar-refractivity contribution in [2.24, 2.45) is 7.05 Å². The van der Waals surface area contributed by atoms with E-state index in [4.69, 9.17) is 0 Å². The first-order valence-electron chi connectivity index (χ1n) is 8.41. The van der Waals surface area contributed by atoms with Crippen molar-refractivity contribution >= 4 is 22.9 Å². The van der Waals surface area contributed by atoms with Crippen LogP contribution in [0.4, 0.5) is 5.82 Å². The van der Waals surface area contributed by atoms with Gasteiger partial charge in [0, 0.05) is 18.8 Å². The summed E-state index contributed by atoms with van der Waals surface area (Å²) in [5.41, 5.74) is 4.45. The molecule has 0 unspecified atom stereocenters. The highest BCUT2D eigenvalue weighted by atomic mass is 16.3. The van der Waals surface area contributed by atoms with Gasteiger partial charge in [0.15, 0.2) is 11.5 Å². The van der Waals surface area contributed by atoms with Gasteiger partial charge in [-0.05, 0) is 24.6 Å². The van der Waals surface area contributed by atoms with E-state index in [0.717, 1.165) is 16.8 Å². The van der Waals surface area contributed by atoms with Gasteiger partial charge in [0.2, 0.25) is 0 Å². The van der Waals surface area contributed by atoms with Crippen LogP contribution in [0, 0.1) is 6.92 Å². The van der Waals surface area contributed by atoms with Crippen LogP contribution in [0.5, 0.6) is 0 Å². The van der Waals surface area contributed by atoms with E-state index in [1.165, 1.54) is 10.9 Å². The van der Waals surface area contributed by atoms with E-state index in [2.05, 4.69) is 20.4 Å².